The van der Waals surface area contributed by atoms with Crippen molar-refractivity contribution in [2.45, 2.75) is 138 Å². The van der Waals surface area contributed by atoms with Gasteiger partial charge < -0.3 is 18.7 Å². The maximum absolute atomic E-state index is 11.8. The van der Waals surface area contributed by atoms with Crippen molar-refractivity contribution in [2.24, 2.45) is 10.8 Å². The van der Waals surface area contributed by atoms with E-state index < -0.39 is 22.0 Å². The third kappa shape index (κ3) is 14.9. The molecule has 0 radical (unpaired) electrons. The summed E-state index contributed by atoms with van der Waals surface area (Å²) in [4.78, 5) is 11.8. The number of rotatable bonds is 13. The van der Waals surface area contributed by atoms with Gasteiger partial charge in [0, 0.05) is 19.8 Å². The van der Waals surface area contributed by atoms with E-state index in [0.717, 1.165) is 38.9 Å². The molecule has 0 aliphatic heterocycles. The lowest BCUT2D eigenvalue weighted by atomic mass is 9.88. The minimum atomic E-state index is -1.66. The minimum absolute atomic E-state index is 0.0385. The van der Waals surface area contributed by atoms with E-state index in [2.05, 4.69) is 81.6 Å². The Morgan fingerprint density at radius 3 is 1.40 bits per heavy atom. The van der Waals surface area contributed by atoms with Crippen molar-refractivity contribution in [2.75, 3.05) is 26.4 Å². The number of hydrogen-bond donors (Lipinski definition) is 1. The molecule has 0 spiro atoms. The van der Waals surface area contributed by atoms with E-state index in [0.29, 0.717) is 11.6 Å². The fourth-order valence-electron chi connectivity index (χ4n) is 2.66. The van der Waals surface area contributed by atoms with Crippen LogP contribution in [0.5, 0.6) is 0 Å². The summed E-state index contributed by atoms with van der Waals surface area (Å²) in [5.41, 5.74) is -0.371. The average molecular weight is 535 g/mol. The number of aliphatic hydroxyl groups excluding tert-OH is 1. The molecule has 0 aromatic heterocycles. The molecule has 1 N–H and O–H groups in total. The summed E-state index contributed by atoms with van der Waals surface area (Å²) in [6, 6.07) is 0. The summed E-state index contributed by atoms with van der Waals surface area (Å²) in [5, 5.41) is 9.68. The molecule has 0 heterocycles. The normalized spacial score (nSPS) is 13.8. The number of carbonyl (C=O) groups is 1. The van der Waals surface area contributed by atoms with Gasteiger partial charge in [-0.2, -0.15) is 0 Å². The van der Waals surface area contributed by atoms with Crippen molar-refractivity contribution in [1.29, 1.82) is 0 Å². The van der Waals surface area contributed by atoms with Crippen LogP contribution >= 0.6 is 0 Å². The van der Waals surface area contributed by atoms with Gasteiger partial charge in [-0.05, 0) is 88.1 Å². The number of hydrogen-bond acceptors (Lipinski definition) is 5. The standard InChI is InChI=1S/C15H32O3Si.C13H30O2Si/c1-9-17-13(16)15(5,6)11-10-12-18-19(7,8)14(2,3)4;1-12(2,3)16(6,7)15-10-8-9-13(4,5)11-14/h9-12H2,1-8H3;14H,8-11H2,1-7H3. The molecular weight excluding hydrogens is 472 g/mol. The molecule has 0 aromatic rings. The van der Waals surface area contributed by atoms with Crippen LogP contribution < -0.4 is 0 Å². The Morgan fingerprint density at radius 1 is 0.714 bits per heavy atom. The van der Waals surface area contributed by atoms with E-state index in [-0.39, 0.29) is 23.0 Å². The summed E-state index contributed by atoms with van der Waals surface area (Å²) < 4.78 is 17.3. The highest BCUT2D eigenvalue weighted by Gasteiger charge is 2.38. The zero-order valence-corrected chi connectivity index (χ0v) is 28.2. The first-order valence-corrected chi connectivity index (χ1v) is 19.3. The van der Waals surface area contributed by atoms with Crippen LogP contribution in [0.2, 0.25) is 36.3 Å². The predicted octanol–water partition coefficient (Wildman–Crippen LogP) is 8.18. The Kier molecular flexibility index (Phi) is 15.5. The molecular formula is C28H62O5Si2. The molecule has 0 aliphatic rings. The average Bonchev–Trinajstić information content (AvgIpc) is 2.67. The molecule has 7 heteroatoms. The Bertz CT molecular complexity index is 599. The highest BCUT2D eigenvalue weighted by atomic mass is 28.4. The maximum atomic E-state index is 11.8. The molecule has 0 atom stereocenters. The SMILES string of the molecule is CC(C)(CO)CCCO[Si](C)(C)C(C)(C)C.CCOC(=O)C(C)(C)CCCO[Si](C)(C)C(C)(C)C. The minimum Gasteiger partial charge on any atom is -0.466 e. The van der Waals surface area contributed by atoms with Gasteiger partial charge in [-0.1, -0.05) is 55.4 Å². The van der Waals surface area contributed by atoms with Gasteiger partial charge in [0.1, 0.15) is 0 Å². The molecule has 0 fully saturated rings. The Labute approximate surface area is 221 Å². The summed E-state index contributed by atoms with van der Waals surface area (Å²) in [5.74, 6) is -0.109. The van der Waals surface area contributed by atoms with Crippen LogP contribution in [0, 0.1) is 10.8 Å². The monoisotopic (exact) mass is 534 g/mol. The molecule has 35 heavy (non-hydrogen) atoms. The van der Waals surface area contributed by atoms with Gasteiger partial charge in [-0.3, -0.25) is 4.79 Å². The predicted molar refractivity (Wildman–Crippen MR) is 156 cm³/mol. The summed E-state index contributed by atoms with van der Waals surface area (Å²) >= 11 is 0. The smallest absolute Gasteiger partial charge is 0.311 e. The second-order valence-corrected chi connectivity index (χ2v) is 24.0. The fourth-order valence-corrected chi connectivity index (χ4v) is 4.84. The second-order valence-electron chi connectivity index (χ2n) is 14.4. The highest BCUT2D eigenvalue weighted by Crippen LogP contribution is 2.37. The summed E-state index contributed by atoms with van der Waals surface area (Å²) in [6.07, 6.45) is 3.77. The van der Waals surface area contributed by atoms with Gasteiger partial charge in [0.2, 0.25) is 0 Å². The molecule has 0 amide bonds. The van der Waals surface area contributed by atoms with Crippen molar-refractivity contribution in [3.8, 4) is 0 Å². The molecule has 212 valence electrons. The Balaban J connectivity index is 0. The number of ether oxygens (including phenoxy) is 1. The lowest BCUT2D eigenvalue weighted by molar-refractivity contribution is -0.153. The number of aliphatic hydroxyl groups is 1. The van der Waals surface area contributed by atoms with Crippen LogP contribution in [0.4, 0.5) is 0 Å². The van der Waals surface area contributed by atoms with Crippen LogP contribution in [0.1, 0.15) is 102 Å². The molecule has 0 saturated carbocycles. The first kappa shape index (κ1) is 36.9. The summed E-state index contributed by atoms with van der Waals surface area (Å²) in [6.45, 7) is 34.8. The first-order chi connectivity index (χ1) is 15.5. The highest BCUT2D eigenvalue weighted by molar-refractivity contribution is 6.74. The maximum Gasteiger partial charge on any atom is 0.311 e. The lowest BCUT2D eigenvalue weighted by Gasteiger charge is -2.36. The van der Waals surface area contributed by atoms with Crippen LogP contribution in [0.3, 0.4) is 0 Å². The van der Waals surface area contributed by atoms with Crippen LogP contribution in [-0.4, -0.2) is 54.1 Å². The largest absolute Gasteiger partial charge is 0.466 e. The van der Waals surface area contributed by atoms with Crippen LogP contribution in [-0.2, 0) is 18.4 Å². The topological polar surface area (TPSA) is 65.0 Å². The van der Waals surface area contributed by atoms with Gasteiger partial charge in [0.25, 0.3) is 0 Å². The van der Waals surface area contributed by atoms with Gasteiger partial charge in [0.05, 0.1) is 12.0 Å². The lowest BCUT2D eigenvalue weighted by Crippen LogP contribution is -2.41. The van der Waals surface area contributed by atoms with Crippen molar-refractivity contribution >= 4 is 22.6 Å². The molecule has 0 bridgehead atoms. The Morgan fingerprint density at radius 2 is 1.09 bits per heavy atom. The van der Waals surface area contributed by atoms with E-state index in [9.17, 15) is 4.79 Å². The quantitative estimate of drug-likeness (QED) is 0.147. The van der Waals surface area contributed by atoms with E-state index in [1.165, 1.54) is 0 Å². The van der Waals surface area contributed by atoms with Crippen LogP contribution in [0.15, 0.2) is 0 Å². The molecule has 0 aliphatic carbocycles. The third-order valence-electron chi connectivity index (χ3n) is 7.74. The van der Waals surface area contributed by atoms with E-state index in [4.69, 9.17) is 18.7 Å². The molecule has 5 nitrogen and oxygen atoms in total. The van der Waals surface area contributed by atoms with Gasteiger partial charge in [-0.15, -0.1) is 0 Å². The molecule has 0 unspecified atom stereocenters. The van der Waals surface area contributed by atoms with Crippen molar-refractivity contribution in [3.05, 3.63) is 0 Å². The molecule has 0 rings (SSSR count). The number of esters is 1. The second kappa shape index (κ2) is 14.7. The first-order valence-electron chi connectivity index (χ1n) is 13.5. The fraction of sp³-hybridized carbons (Fsp3) is 0.964. The van der Waals surface area contributed by atoms with Gasteiger partial charge in [-0.25, -0.2) is 0 Å². The van der Waals surface area contributed by atoms with Gasteiger partial charge in [0.15, 0.2) is 16.6 Å². The van der Waals surface area contributed by atoms with Crippen LogP contribution in [0.25, 0.3) is 0 Å². The zero-order chi connectivity index (χ0) is 28.4. The van der Waals surface area contributed by atoms with E-state index in [1.807, 2.05) is 20.8 Å². The summed E-state index contributed by atoms with van der Waals surface area (Å²) in [7, 11) is -3.23. The van der Waals surface area contributed by atoms with Gasteiger partial charge >= 0.3 is 5.97 Å². The van der Waals surface area contributed by atoms with Crippen molar-refractivity contribution < 1.29 is 23.5 Å². The number of carbonyl (C=O) groups excluding carboxylic acids is 1. The third-order valence-corrected chi connectivity index (χ3v) is 16.8. The van der Waals surface area contributed by atoms with E-state index >= 15 is 0 Å². The molecule has 0 aromatic carbocycles. The van der Waals surface area contributed by atoms with E-state index in [1.54, 1.807) is 0 Å². The zero-order valence-electron chi connectivity index (χ0n) is 26.2. The Hall–Kier alpha value is -0.216. The van der Waals surface area contributed by atoms with Crippen molar-refractivity contribution in [3.63, 3.8) is 0 Å². The molecule has 0 saturated heterocycles. The van der Waals surface area contributed by atoms with Crippen molar-refractivity contribution in [1.82, 2.24) is 0 Å².